The summed E-state index contributed by atoms with van der Waals surface area (Å²) in [7, 11) is 0. The van der Waals surface area contributed by atoms with Crippen LogP contribution in [0.15, 0.2) is 66.7 Å². The van der Waals surface area contributed by atoms with E-state index >= 15 is 0 Å². The number of thiophene rings is 1. The molecule has 1 aliphatic rings. The lowest BCUT2D eigenvalue weighted by Crippen LogP contribution is -2.25. The Balaban J connectivity index is 1.37. The van der Waals surface area contributed by atoms with Gasteiger partial charge in [-0.1, -0.05) is 24.3 Å². The molecule has 1 aromatic heterocycles. The quantitative estimate of drug-likeness (QED) is 0.166. The molecule has 0 aliphatic carbocycles. The van der Waals surface area contributed by atoms with Crippen molar-refractivity contribution < 1.29 is 14.3 Å². The fourth-order valence-corrected chi connectivity index (χ4v) is 5.95. The maximum atomic E-state index is 11.1. The lowest BCUT2D eigenvalue weighted by atomic mass is 10.1. The topological polar surface area (TPSA) is 38.8 Å². The largest absolute Gasteiger partial charge is 0.492 e. The summed E-state index contributed by atoms with van der Waals surface area (Å²) >= 11 is 4.04. The first kappa shape index (κ1) is 22.4. The third-order valence-corrected chi connectivity index (χ3v) is 7.69. The Morgan fingerprint density at radius 1 is 0.939 bits per heavy atom. The maximum absolute atomic E-state index is 11.1. The van der Waals surface area contributed by atoms with Gasteiger partial charge in [0.15, 0.2) is 5.75 Å². The summed E-state index contributed by atoms with van der Waals surface area (Å²) in [5, 5.41) is 1.08. The lowest BCUT2D eigenvalue weighted by Gasteiger charge is -2.15. The van der Waals surface area contributed by atoms with E-state index in [4.69, 9.17) is 9.47 Å². The minimum absolute atomic E-state index is 0.664. The minimum atomic E-state index is 0.664. The Morgan fingerprint density at radius 3 is 2.39 bits per heavy atom. The van der Waals surface area contributed by atoms with Gasteiger partial charge in [0.1, 0.15) is 24.4 Å². The first-order valence-electron chi connectivity index (χ1n) is 11.1. The molecule has 4 aromatic rings. The number of fused-ring (bicyclic) bond motifs is 1. The normalized spacial score (nSPS) is 14.0. The third kappa shape index (κ3) is 5.23. The van der Waals surface area contributed by atoms with Crippen LogP contribution in [0.3, 0.4) is 0 Å². The highest BCUT2D eigenvalue weighted by Crippen LogP contribution is 2.46. The smallest absolute Gasteiger partial charge is 0.153 e. The Kier molecular flexibility index (Phi) is 6.94. The molecule has 2 heterocycles. The molecule has 0 spiro atoms. The molecule has 168 valence electrons. The zero-order valence-electron chi connectivity index (χ0n) is 18.1. The third-order valence-electron chi connectivity index (χ3n) is 5.83. The van der Waals surface area contributed by atoms with Crippen molar-refractivity contribution in [2.45, 2.75) is 12.8 Å². The van der Waals surface area contributed by atoms with Gasteiger partial charge in [0.05, 0.1) is 4.88 Å². The van der Waals surface area contributed by atoms with E-state index in [1.165, 1.54) is 34.2 Å². The highest BCUT2D eigenvalue weighted by Gasteiger charge is 2.17. The molecule has 1 fully saturated rings. The highest BCUT2D eigenvalue weighted by molar-refractivity contribution is 14.1. The molecule has 6 heteroatoms. The molecular formula is C27H24INO3S. The number of hydrogen-bond acceptors (Lipinski definition) is 5. The van der Waals surface area contributed by atoms with E-state index in [1.807, 2.05) is 48.5 Å². The maximum Gasteiger partial charge on any atom is 0.153 e. The van der Waals surface area contributed by atoms with Crippen LogP contribution < -0.4 is 9.47 Å². The molecule has 0 radical (unpaired) electrons. The molecule has 1 saturated heterocycles. The van der Waals surface area contributed by atoms with Gasteiger partial charge in [-0.05, 0) is 96.6 Å². The number of hydrogen-bond donors (Lipinski definition) is 0. The Morgan fingerprint density at radius 2 is 1.67 bits per heavy atom. The summed E-state index contributed by atoms with van der Waals surface area (Å²) in [6, 6.07) is 21.9. The molecule has 0 N–H and O–H groups in total. The van der Waals surface area contributed by atoms with Gasteiger partial charge in [0.2, 0.25) is 0 Å². The van der Waals surface area contributed by atoms with Gasteiger partial charge in [0, 0.05) is 25.8 Å². The second-order valence-corrected chi connectivity index (χ2v) is 10.4. The van der Waals surface area contributed by atoms with Gasteiger partial charge in [-0.25, -0.2) is 0 Å². The van der Waals surface area contributed by atoms with Gasteiger partial charge in [-0.3, -0.25) is 9.69 Å². The van der Waals surface area contributed by atoms with Crippen LogP contribution in [0.1, 0.15) is 23.2 Å². The van der Waals surface area contributed by atoms with E-state index in [2.05, 4.69) is 45.7 Å². The number of rotatable bonds is 8. The number of ether oxygens (including phenoxy) is 2. The van der Waals surface area contributed by atoms with Crippen LogP contribution in [-0.2, 0) is 0 Å². The molecule has 33 heavy (non-hydrogen) atoms. The van der Waals surface area contributed by atoms with Crippen LogP contribution in [0.4, 0.5) is 0 Å². The van der Waals surface area contributed by atoms with Crippen molar-refractivity contribution >= 4 is 50.3 Å². The Hall–Kier alpha value is -2.42. The molecule has 0 atom stereocenters. The summed E-state index contributed by atoms with van der Waals surface area (Å²) in [6.45, 7) is 4.05. The first-order chi connectivity index (χ1) is 16.2. The van der Waals surface area contributed by atoms with E-state index in [-0.39, 0.29) is 0 Å². The minimum Gasteiger partial charge on any atom is -0.492 e. The van der Waals surface area contributed by atoms with E-state index < -0.39 is 0 Å². The van der Waals surface area contributed by atoms with Crippen LogP contribution in [0.25, 0.3) is 20.5 Å². The number of likely N-dealkylation sites (tertiary alicyclic amines) is 1. The van der Waals surface area contributed by atoms with E-state index in [0.717, 1.165) is 45.9 Å². The summed E-state index contributed by atoms with van der Waals surface area (Å²) in [5.41, 5.74) is 1.70. The molecule has 1 aliphatic heterocycles. The number of halogens is 1. The predicted octanol–water partition coefficient (Wildman–Crippen LogP) is 7.25. The molecule has 3 aromatic carbocycles. The molecule has 4 nitrogen and oxygen atoms in total. The fourth-order valence-electron chi connectivity index (χ4n) is 4.07. The van der Waals surface area contributed by atoms with E-state index in [0.29, 0.717) is 12.2 Å². The molecule has 0 saturated carbocycles. The predicted molar refractivity (Wildman–Crippen MR) is 143 cm³/mol. The van der Waals surface area contributed by atoms with Crippen LogP contribution >= 0.6 is 33.9 Å². The standard InChI is InChI=1S/C27H24INO3S/c28-21-7-12-24-25(17-21)33-27(20-5-3-19(18-30)4-6-20)26(24)32-23-10-8-22(9-11-23)31-16-15-29-13-1-2-14-29/h3-12,17-18H,1-2,13-16H2. The summed E-state index contributed by atoms with van der Waals surface area (Å²) < 4.78 is 14.7. The second-order valence-electron chi connectivity index (χ2n) is 8.11. The number of benzene rings is 3. The highest BCUT2D eigenvalue weighted by atomic mass is 127. The average Bonchev–Trinajstić information content (AvgIpc) is 3.48. The molecule has 0 bridgehead atoms. The molecule has 5 rings (SSSR count). The summed E-state index contributed by atoms with van der Waals surface area (Å²) in [6.07, 6.45) is 3.46. The SMILES string of the molecule is O=Cc1ccc(-c2sc3cc(I)ccc3c2Oc2ccc(OCCN3CCCC3)cc2)cc1. The van der Waals surface area contributed by atoms with Crippen molar-refractivity contribution in [2.24, 2.45) is 0 Å². The van der Waals surface area contributed by atoms with Gasteiger partial charge in [0.25, 0.3) is 0 Å². The monoisotopic (exact) mass is 569 g/mol. The van der Waals surface area contributed by atoms with E-state index in [9.17, 15) is 4.79 Å². The van der Waals surface area contributed by atoms with Crippen molar-refractivity contribution in [1.29, 1.82) is 0 Å². The van der Waals surface area contributed by atoms with Gasteiger partial charge < -0.3 is 9.47 Å². The molecule has 0 amide bonds. The zero-order valence-corrected chi connectivity index (χ0v) is 21.1. The molecular weight excluding hydrogens is 545 g/mol. The fraction of sp³-hybridized carbons (Fsp3) is 0.222. The lowest BCUT2D eigenvalue weighted by molar-refractivity contribution is 0.112. The van der Waals surface area contributed by atoms with Crippen molar-refractivity contribution in [3.8, 4) is 27.7 Å². The van der Waals surface area contributed by atoms with Crippen molar-refractivity contribution in [1.82, 2.24) is 4.90 Å². The number of nitrogens with zero attached hydrogens (tertiary/aromatic N) is 1. The summed E-state index contributed by atoms with van der Waals surface area (Å²) in [5.74, 6) is 2.47. The summed E-state index contributed by atoms with van der Waals surface area (Å²) in [4.78, 5) is 14.6. The van der Waals surface area contributed by atoms with Gasteiger partial charge in [-0.2, -0.15) is 0 Å². The van der Waals surface area contributed by atoms with Crippen LogP contribution in [0.2, 0.25) is 0 Å². The van der Waals surface area contributed by atoms with Crippen LogP contribution in [0, 0.1) is 3.57 Å². The Labute approximate surface area is 211 Å². The average molecular weight is 569 g/mol. The van der Waals surface area contributed by atoms with Crippen molar-refractivity contribution in [3.63, 3.8) is 0 Å². The van der Waals surface area contributed by atoms with Crippen molar-refractivity contribution in [2.75, 3.05) is 26.2 Å². The number of carbonyl (C=O) groups is 1. The first-order valence-corrected chi connectivity index (χ1v) is 13.0. The van der Waals surface area contributed by atoms with Gasteiger partial charge in [-0.15, -0.1) is 11.3 Å². The second kappa shape index (κ2) is 10.2. The van der Waals surface area contributed by atoms with Gasteiger partial charge >= 0.3 is 0 Å². The van der Waals surface area contributed by atoms with Crippen LogP contribution in [-0.4, -0.2) is 37.4 Å². The number of carbonyl (C=O) groups excluding carboxylic acids is 1. The Bertz CT molecular complexity index is 1250. The number of aldehydes is 1. The molecule has 0 unspecified atom stereocenters. The van der Waals surface area contributed by atoms with E-state index in [1.54, 1.807) is 11.3 Å². The van der Waals surface area contributed by atoms with Crippen molar-refractivity contribution in [3.05, 3.63) is 75.9 Å². The van der Waals surface area contributed by atoms with Crippen LogP contribution in [0.5, 0.6) is 17.2 Å². The zero-order chi connectivity index (χ0) is 22.6.